The summed E-state index contributed by atoms with van der Waals surface area (Å²) < 4.78 is 0.482. The number of nitro benzene ring substituents is 1. The predicted octanol–water partition coefficient (Wildman–Crippen LogP) is 3.83. The van der Waals surface area contributed by atoms with E-state index >= 15 is 0 Å². The molecule has 11 heteroatoms. The molecule has 152 valence electrons. The van der Waals surface area contributed by atoms with Crippen molar-refractivity contribution in [2.24, 2.45) is 0 Å². The van der Waals surface area contributed by atoms with Crippen LogP contribution in [0.1, 0.15) is 5.56 Å². The van der Waals surface area contributed by atoms with Gasteiger partial charge in [0.15, 0.2) is 4.34 Å². The van der Waals surface area contributed by atoms with Gasteiger partial charge in [-0.1, -0.05) is 65.6 Å². The van der Waals surface area contributed by atoms with Crippen molar-refractivity contribution in [2.45, 2.75) is 4.34 Å². The molecule has 3 aromatic rings. The van der Waals surface area contributed by atoms with Gasteiger partial charge in [0.2, 0.25) is 16.9 Å². The number of thioether (sulfide) groups is 1. The minimum atomic E-state index is -0.561. The summed E-state index contributed by atoms with van der Waals surface area (Å²) in [5.41, 5.74) is 0.842. The number of nitrogens with zero attached hydrogens (tertiary/aromatic N) is 3. The molecule has 2 aromatic carbocycles. The van der Waals surface area contributed by atoms with Crippen LogP contribution in [0.5, 0.6) is 0 Å². The SMILES string of the molecule is O=C(/C=C/c1ccccc1)Nc1nnc(SCC(=O)Nc2ccccc2[N+](=O)[O-])s1. The number of hydrogen-bond acceptors (Lipinski definition) is 8. The summed E-state index contributed by atoms with van der Waals surface area (Å²) in [7, 11) is 0. The van der Waals surface area contributed by atoms with Crippen LogP contribution in [-0.2, 0) is 9.59 Å². The van der Waals surface area contributed by atoms with Crippen molar-refractivity contribution in [3.05, 3.63) is 76.4 Å². The fourth-order valence-corrected chi connectivity index (χ4v) is 3.81. The van der Waals surface area contributed by atoms with Crippen molar-refractivity contribution < 1.29 is 14.5 Å². The molecule has 0 spiro atoms. The number of rotatable bonds is 8. The number of hydrogen-bond donors (Lipinski definition) is 2. The number of amides is 2. The number of benzene rings is 2. The van der Waals surface area contributed by atoms with Gasteiger partial charge in [0, 0.05) is 12.1 Å². The molecule has 2 amide bonds. The largest absolute Gasteiger partial charge is 0.320 e. The van der Waals surface area contributed by atoms with Crippen LogP contribution < -0.4 is 10.6 Å². The summed E-state index contributed by atoms with van der Waals surface area (Å²) in [6.07, 6.45) is 3.07. The Balaban J connectivity index is 1.50. The zero-order valence-electron chi connectivity index (χ0n) is 15.3. The maximum Gasteiger partial charge on any atom is 0.292 e. The lowest BCUT2D eigenvalue weighted by Crippen LogP contribution is -2.15. The Morgan fingerprint density at radius 3 is 2.57 bits per heavy atom. The van der Waals surface area contributed by atoms with E-state index in [2.05, 4.69) is 20.8 Å². The average Bonchev–Trinajstić information content (AvgIpc) is 3.19. The zero-order valence-corrected chi connectivity index (χ0v) is 17.0. The van der Waals surface area contributed by atoms with Gasteiger partial charge >= 0.3 is 0 Å². The topological polar surface area (TPSA) is 127 Å². The molecule has 0 bridgehead atoms. The summed E-state index contributed by atoms with van der Waals surface area (Å²) in [4.78, 5) is 34.5. The predicted molar refractivity (Wildman–Crippen MR) is 116 cm³/mol. The minimum absolute atomic E-state index is 0.0114. The van der Waals surface area contributed by atoms with Crippen molar-refractivity contribution in [3.63, 3.8) is 0 Å². The molecule has 3 rings (SSSR count). The fourth-order valence-electron chi connectivity index (χ4n) is 2.25. The van der Waals surface area contributed by atoms with Gasteiger partial charge in [-0.05, 0) is 17.7 Å². The monoisotopic (exact) mass is 441 g/mol. The van der Waals surface area contributed by atoms with Crippen LogP contribution in [0, 0.1) is 10.1 Å². The van der Waals surface area contributed by atoms with Gasteiger partial charge in [0.05, 0.1) is 10.7 Å². The van der Waals surface area contributed by atoms with E-state index < -0.39 is 10.8 Å². The third-order valence-corrected chi connectivity index (χ3v) is 5.54. The Kier molecular flexibility index (Phi) is 7.24. The zero-order chi connectivity index (χ0) is 21.3. The first-order chi connectivity index (χ1) is 14.5. The molecule has 9 nitrogen and oxygen atoms in total. The first kappa shape index (κ1) is 21.1. The third kappa shape index (κ3) is 6.22. The molecular formula is C19H15N5O4S2. The molecule has 0 radical (unpaired) electrons. The first-order valence-corrected chi connectivity index (χ1v) is 10.3. The molecule has 0 fully saturated rings. The second-order valence-corrected chi connectivity index (χ2v) is 7.92. The summed E-state index contributed by atoms with van der Waals surface area (Å²) >= 11 is 2.24. The molecule has 0 aliphatic carbocycles. The van der Waals surface area contributed by atoms with Crippen LogP contribution in [0.25, 0.3) is 6.08 Å². The first-order valence-electron chi connectivity index (χ1n) is 8.55. The lowest BCUT2D eigenvalue weighted by atomic mass is 10.2. The Bertz CT molecular complexity index is 1090. The van der Waals surface area contributed by atoms with E-state index in [0.717, 1.165) is 28.7 Å². The van der Waals surface area contributed by atoms with Gasteiger partial charge in [0.1, 0.15) is 5.69 Å². The lowest BCUT2D eigenvalue weighted by Gasteiger charge is -2.04. The maximum absolute atomic E-state index is 12.1. The van der Waals surface area contributed by atoms with Crippen molar-refractivity contribution in [1.29, 1.82) is 0 Å². The van der Waals surface area contributed by atoms with Gasteiger partial charge in [-0.25, -0.2) is 0 Å². The summed E-state index contributed by atoms with van der Waals surface area (Å²) in [6, 6.07) is 15.3. The quantitative estimate of drug-likeness (QED) is 0.179. The highest BCUT2D eigenvalue weighted by atomic mass is 32.2. The molecule has 1 heterocycles. The van der Waals surface area contributed by atoms with Crippen LogP contribution in [0.2, 0.25) is 0 Å². The molecular weight excluding hydrogens is 426 g/mol. The van der Waals surface area contributed by atoms with Gasteiger partial charge < -0.3 is 5.32 Å². The van der Waals surface area contributed by atoms with Gasteiger partial charge in [0.25, 0.3) is 5.69 Å². The van der Waals surface area contributed by atoms with Crippen molar-refractivity contribution in [2.75, 3.05) is 16.4 Å². The number of carbonyl (C=O) groups excluding carboxylic acids is 2. The van der Waals surface area contributed by atoms with E-state index in [9.17, 15) is 19.7 Å². The van der Waals surface area contributed by atoms with Crippen molar-refractivity contribution in [1.82, 2.24) is 10.2 Å². The highest BCUT2D eigenvalue weighted by molar-refractivity contribution is 8.01. The van der Waals surface area contributed by atoms with E-state index in [1.165, 1.54) is 24.3 Å². The second-order valence-electron chi connectivity index (χ2n) is 5.72. The third-order valence-electron chi connectivity index (χ3n) is 3.56. The Morgan fingerprint density at radius 1 is 1.07 bits per heavy atom. The normalized spacial score (nSPS) is 10.7. The molecule has 30 heavy (non-hydrogen) atoms. The molecule has 0 aliphatic rings. The smallest absolute Gasteiger partial charge is 0.292 e. The van der Waals surface area contributed by atoms with Crippen LogP contribution in [0.4, 0.5) is 16.5 Å². The second kappa shape index (κ2) is 10.3. The molecule has 0 saturated carbocycles. The van der Waals surface area contributed by atoms with E-state index in [-0.39, 0.29) is 23.0 Å². The minimum Gasteiger partial charge on any atom is -0.320 e. The highest BCUT2D eigenvalue weighted by Gasteiger charge is 2.15. The number of nitro groups is 1. The molecule has 0 atom stereocenters. The molecule has 0 unspecified atom stereocenters. The van der Waals surface area contributed by atoms with Crippen LogP contribution in [0.15, 0.2) is 65.0 Å². The van der Waals surface area contributed by atoms with Crippen molar-refractivity contribution in [3.8, 4) is 0 Å². The summed E-state index contributed by atoms with van der Waals surface area (Å²) in [6.45, 7) is 0. The van der Waals surface area contributed by atoms with Crippen molar-refractivity contribution >= 4 is 57.5 Å². The van der Waals surface area contributed by atoms with Gasteiger partial charge in [-0.15, -0.1) is 10.2 Å². The summed E-state index contributed by atoms with van der Waals surface area (Å²) in [5, 5.41) is 24.2. The standard InChI is InChI=1S/C19H15N5O4S2/c25-16(11-10-13-6-2-1-3-7-13)21-18-22-23-19(30-18)29-12-17(26)20-14-8-4-5-9-15(14)24(27)28/h1-11H,12H2,(H,20,26)(H,21,22,25)/b11-10+. The summed E-state index contributed by atoms with van der Waals surface area (Å²) in [5.74, 6) is -0.774. The molecule has 0 aliphatic heterocycles. The number of nitrogens with one attached hydrogen (secondary N) is 2. The van der Waals surface area contributed by atoms with Gasteiger partial charge in [-0.3, -0.25) is 25.0 Å². The maximum atomic E-state index is 12.1. The van der Waals surface area contributed by atoms with Crippen LogP contribution >= 0.6 is 23.1 Å². The number of para-hydroxylation sites is 2. The molecule has 2 N–H and O–H groups in total. The molecule has 1 aromatic heterocycles. The van der Waals surface area contributed by atoms with Gasteiger partial charge in [-0.2, -0.15) is 0 Å². The van der Waals surface area contributed by atoms with E-state index in [1.54, 1.807) is 12.1 Å². The fraction of sp³-hybridized carbons (Fsp3) is 0.0526. The Morgan fingerprint density at radius 2 is 1.80 bits per heavy atom. The van der Waals surface area contributed by atoms with E-state index in [1.807, 2.05) is 30.3 Å². The lowest BCUT2D eigenvalue weighted by molar-refractivity contribution is -0.383. The van der Waals surface area contributed by atoms with Crippen LogP contribution in [-0.4, -0.2) is 32.7 Å². The van der Waals surface area contributed by atoms with E-state index in [0.29, 0.717) is 9.47 Å². The number of anilines is 2. The van der Waals surface area contributed by atoms with E-state index in [4.69, 9.17) is 0 Å². The number of aromatic nitrogens is 2. The number of carbonyl (C=O) groups is 2. The average molecular weight is 441 g/mol. The van der Waals surface area contributed by atoms with Crippen LogP contribution in [0.3, 0.4) is 0 Å². The Labute approximate surface area is 179 Å². The Hall–Kier alpha value is -3.57. The highest BCUT2D eigenvalue weighted by Crippen LogP contribution is 2.27. The molecule has 0 saturated heterocycles.